The van der Waals surface area contributed by atoms with Crippen LogP contribution in [0.3, 0.4) is 0 Å². The summed E-state index contributed by atoms with van der Waals surface area (Å²) in [7, 11) is -0.0994. The molecule has 2 aromatic rings. The van der Waals surface area contributed by atoms with E-state index in [2.05, 4.69) is 4.72 Å². The van der Waals surface area contributed by atoms with Crippen molar-refractivity contribution >= 4 is 27.1 Å². The van der Waals surface area contributed by atoms with Crippen molar-refractivity contribution in [2.45, 2.75) is 4.90 Å². The molecule has 5 nitrogen and oxygen atoms in total. The van der Waals surface area contributed by atoms with Gasteiger partial charge in [0.1, 0.15) is 5.82 Å². The Morgan fingerprint density at radius 3 is 2.48 bits per heavy atom. The monoisotopic (exact) mass is 309 g/mol. The molecule has 0 amide bonds. The van der Waals surface area contributed by atoms with E-state index >= 15 is 0 Å². The van der Waals surface area contributed by atoms with Crippen LogP contribution in [0.15, 0.2) is 47.4 Å². The van der Waals surface area contributed by atoms with Gasteiger partial charge in [0, 0.05) is 19.8 Å². The fourth-order valence-electron chi connectivity index (χ4n) is 1.75. The smallest absolute Gasteiger partial charge is 0.261 e. The summed E-state index contributed by atoms with van der Waals surface area (Å²) >= 11 is 0. The summed E-state index contributed by atoms with van der Waals surface area (Å²) in [6.07, 6.45) is 0. The second kappa shape index (κ2) is 5.61. The van der Waals surface area contributed by atoms with Crippen molar-refractivity contribution < 1.29 is 12.8 Å². The highest BCUT2D eigenvalue weighted by molar-refractivity contribution is 7.92. The molecular weight excluding hydrogens is 293 g/mol. The van der Waals surface area contributed by atoms with Crippen LogP contribution in [0.1, 0.15) is 0 Å². The third kappa shape index (κ3) is 3.43. The average molecular weight is 309 g/mol. The van der Waals surface area contributed by atoms with E-state index in [1.165, 1.54) is 6.07 Å². The molecule has 0 spiro atoms. The maximum atomic E-state index is 13.1. The van der Waals surface area contributed by atoms with Crippen molar-refractivity contribution in [3.63, 3.8) is 0 Å². The van der Waals surface area contributed by atoms with E-state index in [1.807, 2.05) is 25.1 Å². The van der Waals surface area contributed by atoms with Gasteiger partial charge in [0.25, 0.3) is 10.0 Å². The quantitative estimate of drug-likeness (QED) is 0.850. The molecule has 0 atom stereocenters. The van der Waals surface area contributed by atoms with Crippen molar-refractivity contribution in [1.29, 1.82) is 0 Å². The van der Waals surface area contributed by atoms with Crippen molar-refractivity contribution in [1.82, 2.24) is 0 Å². The Bertz CT molecular complexity index is 761. The van der Waals surface area contributed by atoms with Crippen LogP contribution in [-0.2, 0) is 10.0 Å². The molecule has 0 saturated carbocycles. The Hall–Kier alpha value is -2.28. The van der Waals surface area contributed by atoms with E-state index < -0.39 is 15.8 Å². The number of nitrogens with zero attached hydrogens (tertiary/aromatic N) is 1. The van der Waals surface area contributed by atoms with Crippen molar-refractivity contribution in [3.8, 4) is 0 Å². The molecule has 0 radical (unpaired) electrons. The van der Waals surface area contributed by atoms with Crippen LogP contribution in [0.4, 0.5) is 21.5 Å². The molecule has 0 bridgehead atoms. The Kier molecular flexibility index (Phi) is 4.04. The normalized spacial score (nSPS) is 11.2. The van der Waals surface area contributed by atoms with Gasteiger partial charge in [-0.3, -0.25) is 4.72 Å². The van der Waals surface area contributed by atoms with Crippen molar-refractivity contribution in [3.05, 3.63) is 48.3 Å². The number of nitrogens with two attached hydrogens (primary N) is 1. The Balaban J connectivity index is 2.33. The first-order chi connectivity index (χ1) is 9.79. The van der Waals surface area contributed by atoms with Crippen LogP contribution in [0.5, 0.6) is 0 Å². The standard InChI is InChI=1S/C14H16FN3O2S/c1-18(2)11-5-3-4-10(8-11)17-21(19,20)12-6-7-13(15)14(16)9-12/h3-9,17H,16H2,1-2H3. The molecule has 3 N–H and O–H groups in total. The molecule has 0 aliphatic rings. The van der Waals surface area contributed by atoms with Gasteiger partial charge in [-0.25, -0.2) is 12.8 Å². The highest BCUT2D eigenvalue weighted by atomic mass is 32.2. The van der Waals surface area contributed by atoms with Crippen LogP contribution in [-0.4, -0.2) is 22.5 Å². The minimum absolute atomic E-state index is 0.0864. The Morgan fingerprint density at radius 2 is 1.86 bits per heavy atom. The van der Waals surface area contributed by atoms with Gasteiger partial charge in [-0.2, -0.15) is 0 Å². The average Bonchev–Trinajstić information content (AvgIpc) is 2.41. The number of hydrogen-bond acceptors (Lipinski definition) is 4. The molecule has 2 rings (SSSR count). The minimum atomic E-state index is -3.81. The van der Waals surface area contributed by atoms with Gasteiger partial charge >= 0.3 is 0 Å². The first-order valence-electron chi connectivity index (χ1n) is 6.15. The molecule has 0 fully saturated rings. The number of benzene rings is 2. The predicted octanol–water partition coefficient (Wildman–Crippen LogP) is 2.27. The fraction of sp³-hybridized carbons (Fsp3) is 0.143. The molecule has 0 aliphatic heterocycles. The lowest BCUT2D eigenvalue weighted by molar-refractivity contribution is 0.600. The van der Waals surface area contributed by atoms with Crippen LogP contribution < -0.4 is 15.4 Å². The molecule has 0 aromatic heterocycles. The van der Waals surface area contributed by atoms with Gasteiger partial charge in [-0.1, -0.05) is 6.07 Å². The summed E-state index contributed by atoms with van der Waals surface area (Å²) in [5.41, 5.74) is 6.47. The summed E-state index contributed by atoms with van der Waals surface area (Å²) in [5, 5.41) is 0. The lowest BCUT2D eigenvalue weighted by Crippen LogP contribution is -2.14. The zero-order chi connectivity index (χ0) is 15.6. The van der Waals surface area contributed by atoms with Gasteiger partial charge in [0.05, 0.1) is 16.3 Å². The first kappa shape index (κ1) is 15.1. The van der Waals surface area contributed by atoms with Gasteiger partial charge in [0.2, 0.25) is 0 Å². The minimum Gasteiger partial charge on any atom is -0.396 e. The maximum Gasteiger partial charge on any atom is 0.261 e. The van der Waals surface area contributed by atoms with E-state index in [0.29, 0.717) is 5.69 Å². The molecule has 0 heterocycles. The van der Waals surface area contributed by atoms with E-state index in [-0.39, 0.29) is 10.6 Å². The summed E-state index contributed by atoms with van der Waals surface area (Å²) < 4.78 is 40.0. The molecule has 112 valence electrons. The second-order valence-electron chi connectivity index (χ2n) is 4.73. The molecule has 7 heteroatoms. The third-order valence-corrected chi connectivity index (χ3v) is 4.27. The number of anilines is 3. The van der Waals surface area contributed by atoms with E-state index in [0.717, 1.165) is 17.8 Å². The van der Waals surface area contributed by atoms with Crippen molar-refractivity contribution in [2.75, 3.05) is 29.5 Å². The molecule has 2 aromatic carbocycles. The van der Waals surface area contributed by atoms with E-state index in [1.54, 1.807) is 18.2 Å². The highest BCUT2D eigenvalue weighted by Gasteiger charge is 2.16. The van der Waals surface area contributed by atoms with Crippen molar-refractivity contribution in [2.24, 2.45) is 0 Å². The van der Waals surface area contributed by atoms with E-state index in [4.69, 9.17) is 5.73 Å². The number of sulfonamides is 1. The molecule has 21 heavy (non-hydrogen) atoms. The van der Waals surface area contributed by atoms with Crippen LogP contribution in [0, 0.1) is 5.82 Å². The number of halogens is 1. The summed E-state index contributed by atoms with van der Waals surface area (Å²) in [4.78, 5) is 1.77. The van der Waals surface area contributed by atoms with Crippen LogP contribution in [0.2, 0.25) is 0 Å². The molecular formula is C14H16FN3O2S. The van der Waals surface area contributed by atoms with Gasteiger partial charge in [-0.15, -0.1) is 0 Å². The number of nitrogens with one attached hydrogen (secondary N) is 1. The lowest BCUT2D eigenvalue weighted by Gasteiger charge is -2.14. The zero-order valence-corrected chi connectivity index (χ0v) is 12.5. The molecule has 0 saturated heterocycles. The topological polar surface area (TPSA) is 75.4 Å². The SMILES string of the molecule is CN(C)c1cccc(NS(=O)(=O)c2ccc(F)c(N)c2)c1. The number of rotatable bonds is 4. The third-order valence-electron chi connectivity index (χ3n) is 2.89. The second-order valence-corrected chi connectivity index (χ2v) is 6.42. The Morgan fingerprint density at radius 1 is 1.14 bits per heavy atom. The predicted molar refractivity (Wildman–Crippen MR) is 82.4 cm³/mol. The van der Waals surface area contributed by atoms with E-state index in [9.17, 15) is 12.8 Å². The fourth-order valence-corrected chi connectivity index (χ4v) is 2.84. The molecule has 0 aliphatic carbocycles. The number of nitrogen functional groups attached to an aromatic ring is 1. The van der Waals surface area contributed by atoms with Gasteiger partial charge in [0.15, 0.2) is 0 Å². The highest BCUT2D eigenvalue weighted by Crippen LogP contribution is 2.22. The van der Waals surface area contributed by atoms with Crippen LogP contribution in [0.25, 0.3) is 0 Å². The maximum absolute atomic E-state index is 13.1. The van der Waals surface area contributed by atoms with Gasteiger partial charge in [-0.05, 0) is 36.4 Å². The molecule has 0 unspecified atom stereocenters. The van der Waals surface area contributed by atoms with Crippen LogP contribution >= 0.6 is 0 Å². The summed E-state index contributed by atoms with van der Waals surface area (Å²) in [5.74, 6) is -0.649. The largest absolute Gasteiger partial charge is 0.396 e. The Labute approximate surface area is 123 Å². The lowest BCUT2D eigenvalue weighted by atomic mass is 10.3. The summed E-state index contributed by atoms with van der Waals surface area (Å²) in [6.45, 7) is 0. The summed E-state index contributed by atoms with van der Waals surface area (Å²) in [6, 6.07) is 10.2. The first-order valence-corrected chi connectivity index (χ1v) is 7.63. The number of hydrogen-bond donors (Lipinski definition) is 2. The van der Waals surface area contributed by atoms with Gasteiger partial charge < -0.3 is 10.6 Å². The zero-order valence-electron chi connectivity index (χ0n) is 11.7.